The molecule has 2 aliphatic heterocycles. The van der Waals surface area contributed by atoms with Gasteiger partial charge in [0.15, 0.2) is 0 Å². The lowest BCUT2D eigenvalue weighted by Gasteiger charge is -2.32. The third-order valence-corrected chi connectivity index (χ3v) is 4.03. The fraction of sp³-hybridized carbons (Fsp3) is 1.00. The van der Waals surface area contributed by atoms with Gasteiger partial charge in [0.1, 0.15) is 0 Å². The van der Waals surface area contributed by atoms with E-state index in [2.05, 4.69) is 22.2 Å². The third kappa shape index (κ3) is 3.17. The van der Waals surface area contributed by atoms with Crippen LogP contribution in [0.25, 0.3) is 0 Å². The van der Waals surface area contributed by atoms with Crippen LogP contribution in [0.3, 0.4) is 0 Å². The third-order valence-electron chi connectivity index (χ3n) is 4.03. The summed E-state index contributed by atoms with van der Waals surface area (Å²) in [5, 5.41) is 12.9. The highest BCUT2D eigenvalue weighted by Gasteiger charge is 2.28. The van der Waals surface area contributed by atoms with Crippen LogP contribution in [0.4, 0.5) is 0 Å². The molecule has 2 saturated heterocycles. The number of hydrogen-bond acceptors (Lipinski definition) is 4. The molecular formula is C12H25N3O. The Labute approximate surface area is 98.6 Å². The van der Waals surface area contributed by atoms with Crippen molar-refractivity contribution in [3.8, 4) is 0 Å². The fourth-order valence-electron chi connectivity index (χ4n) is 2.94. The van der Waals surface area contributed by atoms with Crippen LogP contribution in [0.5, 0.6) is 0 Å². The van der Waals surface area contributed by atoms with Crippen LogP contribution in [0.2, 0.25) is 0 Å². The van der Waals surface area contributed by atoms with Crippen molar-refractivity contribution in [2.45, 2.75) is 6.42 Å². The minimum atomic E-state index is 0.350. The summed E-state index contributed by atoms with van der Waals surface area (Å²) in [7, 11) is 2.18. The van der Waals surface area contributed by atoms with E-state index in [1.165, 1.54) is 13.0 Å². The Morgan fingerprint density at radius 2 is 2.06 bits per heavy atom. The van der Waals surface area contributed by atoms with Gasteiger partial charge in [-0.25, -0.2) is 0 Å². The largest absolute Gasteiger partial charge is 0.396 e. The van der Waals surface area contributed by atoms with Crippen molar-refractivity contribution >= 4 is 0 Å². The number of hydrogen-bond donors (Lipinski definition) is 2. The highest BCUT2D eigenvalue weighted by molar-refractivity contribution is 4.82. The molecule has 2 aliphatic rings. The highest BCUT2D eigenvalue weighted by atomic mass is 16.3. The molecule has 0 saturated carbocycles. The SMILES string of the molecule is CN1CCC(C(CO)CN2CCNCC2)C1. The zero-order valence-electron chi connectivity index (χ0n) is 10.4. The lowest BCUT2D eigenvalue weighted by molar-refractivity contribution is 0.116. The standard InChI is InChI=1S/C12H25N3O/c1-14-5-2-11(8-14)12(10-16)9-15-6-3-13-4-7-15/h11-13,16H,2-10H2,1H3. The Bertz CT molecular complexity index is 206. The zero-order chi connectivity index (χ0) is 11.4. The number of nitrogens with zero attached hydrogens (tertiary/aromatic N) is 2. The lowest BCUT2D eigenvalue weighted by Crippen LogP contribution is -2.46. The molecule has 94 valence electrons. The van der Waals surface area contributed by atoms with E-state index in [9.17, 15) is 5.11 Å². The molecule has 0 amide bonds. The van der Waals surface area contributed by atoms with E-state index in [0.717, 1.165) is 39.3 Å². The van der Waals surface area contributed by atoms with Crippen molar-refractivity contribution in [3.05, 3.63) is 0 Å². The molecule has 2 unspecified atom stereocenters. The van der Waals surface area contributed by atoms with E-state index in [-0.39, 0.29) is 0 Å². The molecular weight excluding hydrogens is 202 g/mol. The average molecular weight is 227 g/mol. The molecule has 0 bridgehead atoms. The van der Waals surface area contributed by atoms with Gasteiger partial charge < -0.3 is 20.2 Å². The second kappa shape index (κ2) is 5.96. The van der Waals surface area contributed by atoms with Crippen molar-refractivity contribution in [2.24, 2.45) is 11.8 Å². The van der Waals surface area contributed by atoms with Gasteiger partial charge in [-0.05, 0) is 31.8 Å². The van der Waals surface area contributed by atoms with Gasteiger partial charge in [0.25, 0.3) is 0 Å². The molecule has 0 spiro atoms. The van der Waals surface area contributed by atoms with Crippen molar-refractivity contribution in [1.82, 2.24) is 15.1 Å². The summed E-state index contributed by atoms with van der Waals surface area (Å²) >= 11 is 0. The molecule has 2 heterocycles. The number of aliphatic hydroxyl groups is 1. The fourth-order valence-corrected chi connectivity index (χ4v) is 2.94. The van der Waals surface area contributed by atoms with E-state index in [1.807, 2.05) is 0 Å². The molecule has 4 heteroatoms. The minimum absolute atomic E-state index is 0.350. The molecule has 0 aromatic rings. The van der Waals surface area contributed by atoms with Crippen LogP contribution in [-0.2, 0) is 0 Å². The molecule has 0 aromatic carbocycles. The molecule has 2 rings (SSSR count). The topological polar surface area (TPSA) is 38.7 Å². The summed E-state index contributed by atoms with van der Waals surface area (Å²) in [5.74, 6) is 1.17. The van der Waals surface area contributed by atoms with Crippen molar-refractivity contribution < 1.29 is 5.11 Å². The first-order chi connectivity index (χ1) is 7.79. The lowest BCUT2D eigenvalue weighted by atomic mass is 9.91. The van der Waals surface area contributed by atoms with Crippen LogP contribution < -0.4 is 5.32 Å². The monoisotopic (exact) mass is 227 g/mol. The molecule has 2 N–H and O–H groups in total. The van der Waals surface area contributed by atoms with Gasteiger partial charge in [0.2, 0.25) is 0 Å². The van der Waals surface area contributed by atoms with Crippen molar-refractivity contribution in [2.75, 3.05) is 59.5 Å². The first-order valence-electron chi connectivity index (χ1n) is 6.52. The average Bonchev–Trinajstić information content (AvgIpc) is 2.74. The van der Waals surface area contributed by atoms with E-state index in [0.29, 0.717) is 18.4 Å². The van der Waals surface area contributed by atoms with Crippen LogP contribution in [-0.4, -0.2) is 74.4 Å². The second-order valence-corrected chi connectivity index (χ2v) is 5.30. The van der Waals surface area contributed by atoms with E-state index in [1.54, 1.807) is 0 Å². The predicted octanol–water partition coefficient (Wildman–Crippen LogP) is -0.548. The van der Waals surface area contributed by atoms with Crippen LogP contribution in [0.15, 0.2) is 0 Å². The molecule has 0 aromatic heterocycles. The molecule has 0 aliphatic carbocycles. The predicted molar refractivity (Wildman–Crippen MR) is 65.5 cm³/mol. The summed E-state index contributed by atoms with van der Waals surface area (Å²) in [6, 6.07) is 0. The number of nitrogens with one attached hydrogen (secondary N) is 1. The zero-order valence-corrected chi connectivity index (χ0v) is 10.4. The number of likely N-dealkylation sites (tertiary alicyclic amines) is 1. The normalized spacial score (nSPS) is 30.8. The van der Waals surface area contributed by atoms with E-state index < -0.39 is 0 Å². The first kappa shape index (κ1) is 12.3. The van der Waals surface area contributed by atoms with Gasteiger partial charge in [-0.1, -0.05) is 0 Å². The molecule has 0 radical (unpaired) electrons. The van der Waals surface area contributed by atoms with Crippen molar-refractivity contribution in [1.29, 1.82) is 0 Å². The Morgan fingerprint density at radius 1 is 1.31 bits per heavy atom. The Kier molecular flexibility index (Phi) is 4.58. The van der Waals surface area contributed by atoms with Crippen molar-refractivity contribution in [3.63, 3.8) is 0 Å². The van der Waals surface area contributed by atoms with Gasteiger partial charge >= 0.3 is 0 Å². The molecule has 16 heavy (non-hydrogen) atoms. The quantitative estimate of drug-likeness (QED) is 0.676. The van der Waals surface area contributed by atoms with Crippen LogP contribution >= 0.6 is 0 Å². The number of aliphatic hydroxyl groups excluding tert-OH is 1. The second-order valence-electron chi connectivity index (χ2n) is 5.30. The van der Waals surface area contributed by atoms with Crippen LogP contribution in [0.1, 0.15) is 6.42 Å². The number of piperazine rings is 1. The Morgan fingerprint density at radius 3 is 2.62 bits per heavy atom. The van der Waals surface area contributed by atoms with E-state index in [4.69, 9.17) is 0 Å². The summed E-state index contributed by atoms with van der Waals surface area (Å²) in [5.41, 5.74) is 0. The first-order valence-corrected chi connectivity index (χ1v) is 6.52. The molecule has 4 nitrogen and oxygen atoms in total. The summed E-state index contributed by atoms with van der Waals surface area (Å²) in [4.78, 5) is 4.88. The van der Waals surface area contributed by atoms with Crippen LogP contribution in [0, 0.1) is 11.8 Å². The van der Waals surface area contributed by atoms with E-state index >= 15 is 0 Å². The smallest absolute Gasteiger partial charge is 0.0474 e. The molecule has 2 fully saturated rings. The van der Waals surface area contributed by atoms with Gasteiger partial charge in [0.05, 0.1) is 0 Å². The number of rotatable bonds is 4. The van der Waals surface area contributed by atoms with Gasteiger partial charge in [-0.15, -0.1) is 0 Å². The maximum absolute atomic E-state index is 9.54. The molecule has 2 atom stereocenters. The Balaban J connectivity index is 1.80. The van der Waals surface area contributed by atoms with Gasteiger partial charge in [0, 0.05) is 45.9 Å². The summed E-state index contributed by atoms with van der Waals surface area (Å²) in [6.45, 7) is 8.27. The summed E-state index contributed by atoms with van der Waals surface area (Å²) < 4.78 is 0. The van der Waals surface area contributed by atoms with Gasteiger partial charge in [-0.3, -0.25) is 0 Å². The minimum Gasteiger partial charge on any atom is -0.396 e. The summed E-state index contributed by atoms with van der Waals surface area (Å²) in [6.07, 6.45) is 1.26. The highest BCUT2D eigenvalue weighted by Crippen LogP contribution is 2.23. The maximum atomic E-state index is 9.54. The van der Waals surface area contributed by atoms with Gasteiger partial charge in [-0.2, -0.15) is 0 Å². The maximum Gasteiger partial charge on any atom is 0.0474 e. The Hall–Kier alpha value is -0.160.